The molecule has 2 amide bonds. The van der Waals surface area contributed by atoms with Gasteiger partial charge in [0.2, 0.25) is 0 Å². The number of fused-ring (bicyclic) bond motifs is 2. The Kier molecular flexibility index (Phi) is 5.85. The van der Waals surface area contributed by atoms with Crippen LogP contribution in [0.2, 0.25) is 5.02 Å². The molecule has 0 spiro atoms. The third-order valence-corrected chi connectivity index (χ3v) is 7.29. The Morgan fingerprint density at radius 2 is 2.03 bits per heavy atom. The van der Waals surface area contributed by atoms with Crippen molar-refractivity contribution >= 4 is 34.5 Å². The van der Waals surface area contributed by atoms with Crippen molar-refractivity contribution in [2.75, 3.05) is 19.6 Å². The third kappa shape index (κ3) is 4.07. The van der Waals surface area contributed by atoms with E-state index in [9.17, 15) is 19.1 Å². The van der Waals surface area contributed by atoms with E-state index in [-0.39, 0.29) is 36.8 Å². The maximum Gasteiger partial charge on any atom is 0.407 e. The predicted molar refractivity (Wildman–Crippen MR) is 126 cm³/mol. The molecule has 2 aliphatic rings. The number of aromatic nitrogens is 2. The monoisotopic (exact) mass is 482 g/mol. The highest BCUT2D eigenvalue weighted by molar-refractivity contribution is 6.36. The van der Waals surface area contributed by atoms with Crippen LogP contribution in [-0.4, -0.2) is 62.6 Å². The van der Waals surface area contributed by atoms with E-state index in [1.54, 1.807) is 23.1 Å². The van der Waals surface area contributed by atoms with Gasteiger partial charge in [0, 0.05) is 53.9 Å². The lowest BCUT2D eigenvalue weighted by atomic mass is 9.84. The normalized spacial score (nSPS) is 20.3. The van der Waals surface area contributed by atoms with E-state index < -0.39 is 6.09 Å². The summed E-state index contributed by atoms with van der Waals surface area (Å²) < 4.78 is 13.3. The molecule has 1 N–H and O–H groups in total. The second-order valence-corrected chi connectivity index (χ2v) is 9.38. The quantitative estimate of drug-likeness (QED) is 0.580. The average molecular weight is 483 g/mol. The number of halogens is 2. The number of piperazine rings is 1. The minimum Gasteiger partial charge on any atom is -0.465 e. The van der Waals surface area contributed by atoms with E-state index in [1.807, 2.05) is 13.0 Å². The number of hydrogen-bond acceptors (Lipinski definition) is 4. The van der Waals surface area contributed by atoms with Crippen LogP contribution < -0.4 is 0 Å². The summed E-state index contributed by atoms with van der Waals surface area (Å²) in [7, 11) is 0. The lowest BCUT2D eigenvalue weighted by molar-refractivity contribution is 0.0484. The molecular weight excluding hydrogens is 459 g/mol. The number of amides is 2. The van der Waals surface area contributed by atoms with Crippen molar-refractivity contribution in [3.63, 3.8) is 0 Å². The van der Waals surface area contributed by atoms with Crippen molar-refractivity contribution in [1.82, 2.24) is 19.8 Å². The smallest absolute Gasteiger partial charge is 0.407 e. The van der Waals surface area contributed by atoms with Gasteiger partial charge in [-0.05, 0) is 56.0 Å². The molecule has 176 valence electrons. The molecule has 1 aromatic carbocycles. The highest BCUT2D eigenvalue weighted by atomic mass is 35.5. The minimum absolute atomic E-state index is 0.130. The maximum absolute atomic E-state index is 13.3. The van der Waals surface area contributed by atoms with Gasteiger partial charge in [0.1, 0.15) is 5.82 Å². The van der Waals surface area contributed by atoms with Crippen molar-refractivity contribution < 1.29 is 19.1 Å². The van der Waals surface area contributed by atoms with Crippen molar-refractivity contribution in [3.8, 4) is 0 Å². The minimum atomic E-state index is -0.970. The van der Waals surface area contributed by atoms with Crippen LogP contribution in [0, 0.1) is 5.82 Å². The van der Waals surface area contributed by atoms with Crippen LogP contribution >= 0.6 is 11.6 Å². The number of carbonyl (C=O) groups is 2. The molecule has 0 saturated carbocycles. The highest BCUT2D eigenvalue weighted by Gasteiger charge is 2.31. The van der Waals surface area contributed by atoms with Gasteiger partial charge in [-0.25, -0.2) is 9.18 Å². The SMILES string of the molecule is C[C@@H]1CN(C(=O)O)CCN1C(=O)c1ccc2c(Cl)c3c(nc2c1)CC(c1ccc(F)cn1)CC3. The molecule has 1 saturated heterocycles. The molecule has 2 aromatic heterocycles. The first-order valence-electron chi connectivity index (χ1n) is 11.3. The first-order chi connectivity index (χ1) is 16.3. The molecular formula is C25H24ClFN4O3. The van der Waals surface area contributed by atoms with E-state index in [0.29, 0.717) is 29.1 Å². The first-order valence-corrected chi connectivity index (χ1v) is 11.7. The maximum atomic E-state index is 13.3. The van der Waals surface area contributed by atoms with Crippen molar-refractivity contribution in [3.05, 3.63) is 69.9 Å². The Balaban J connectivity index is 1.43. The largest absolute Gasteiger partial charge is 0.465 e. The second kappa shape index (κ2) is 8.83. The first kappa shape index (κ1) is 22.5. The third-order valence-electron chi connectivity index (χ3n) is 6.86. The highest BCUT2D eigenvalue weighted by Crippen LogP contribution is 2.38. The van der Waals surface area contributed by atoms with Crippen LogP contribution in [-0.2, 0) is 12.8 Å². The van der Waals surface area contributed by atoms with Gasteiger partial charge < -0.3 is 14.9 Å². The molecule has 3 heterocycles. The summed E-state index contributed by atoms with van der Waals surface area (Å²) in [4.78, 5) is 36.6. The van der Waals surface area contributed by atoms with E-state index in [0.717, 1.165) is 35.2 Å². The van der Waals surface area contributed by atoms with Gasteiger partial charge in [0.15, 0.2) is 0 Å². The van der Waals surface area contributed by atoms with Gasteiger partial charge in [-0.2, -0.15) is 0 Å². The van der Waals surface area contributed by atoms with Crippen LogP contribution in [0.5, 0.6) is 0 Å². The van der Waals surface area contributed by atoms with Crippen molar-refractivity contribution in [1.29, 1.82) is 0 Å². The van der Waals surface area contributed by atoms with Crippen LogP contribution in [0.3, 0.4) is 0 Å². The van der Waals surface area contributed by atoms with E-state index >= 15 is 0 Å². The Bertz CT molecular complexity index is 1280. The Morgan fingerprint density at radius 1 is 1.21 bits per heavy atom. The zero-order valence-electron chi connectivity index (χ0n) is 18.7. The number of benzene rings is 1. The summed E-state index contributed by atoms with van der Waals surface area (Å²) in [5.41, 5.74) is 3.89. The van der Waals surface area contributed by atoms with Gasteiger partial charge in [-0.3, -0.25) is 14.8 Å². The van der Waals surface area contributed by atoms with Crippen molar-refractivity contribution in [2.45, 2.75) is 38.1 Å². The molecule has 3 aromatic rings. The lowest BCUT2D eigenvalue weighted by Gasteiger charge is -2.38. The van der Waals surface area contributed by atoms with Crippen LogP contribution in [0.25, 0.3) is 10.9 Å². The van der Waals surface area contributed by atoms with Crippen LogP contribution in [0.15, 0.2) is 36.5 Å². The van der Waals surface area contributed by atoms with Crippen molar-refractivity contribution in [2.24, 2.45) is 0 Å². The number of hydrogen-bond donors (Lipinski definition) is 1. The molecule has 1 aliphatic carbocycles. The molecule has 7 nitrogen and oxygen atoms in total. The number of rotatable bonds is 2. The Morgan fingerprint density at radius 3 is 2.74 bits per heavy atom. The molecule has 34 heavy (non-hydrogen) atoms. The summed E-state index contributed by atoms with van der Waals surface area (Å²) in [5.74, 6) is -0.378. The van der Waals surface area contributed by atoms with Crippen LogP contribution in [0.4, 0.5) is 9.18 Å². The van der Waals surface area contributed by atoms with E-state index in [1.165, 1.54) is 17.2 Å². The topological polar surface area (TPSA) is 86.6 Å². The Hall–Kier alpha value is -3.26. The number of pyridine rings is 2. The van der Waals surface area contributed by atoms with Gasteiger partial charge in [-0.15, -0.1) is 0 Å². The molecule has 2 atom stereocenters. The van der Waals surface area contributed by atoms with E-state index in [2.05, 4.69) is 4.98 Å². The predicted octanol–water partition coefficient (Wildman–Crippen LogP) is 4.52. The van der Waals surface area contributed by atoms with Gasteiger partial charge in [0.05, 0.1) is 16.7 Å². The molecule has 1 unspecified atom stereocenters. The van der Waals surface area contributed by atoms with E-state index in [4.69, 9.17) is 16.6 Å². The standard InChI is InChI=1S/C25H24ClFN4O3/c1-14-13-30(25(33)34)8-9-31(14)24(32)16-3-6-19-22(11-16)29-21-10-15(2-5-18(21)23(19)26)20-7-4-17(27)12-28-20/h3-4,6-7,11-12,14-15H,2,5,8-10,13H2,1H3,(H,33,34)/t14-,15?/m1/s1. The second-order valence-electron chi connectivity index (χ2n) is 9.00. The summed E-state index contributed by atoms with van der Waals surface area (Å²) in [6.45, 7) is 2.76. The zero-order valence-corrected chi connectivity index (χ0v) is 19.4. The summed E-state index contributed by atoms with van der Waals surface area (Å²) in [6.07, 6.45) is 2.53. The molecule has 5 rings (SSSR count). The zero-order chi connectivity index (χ0) is 24.0. The fourth-order valence-corrected chi connectivity index (χ4v) is 5.37. The van der Waals surface area contributed by atoms with Gasteiger partial charge in [0.25, 0.3) is 5.91 Å². The van der Waals surface area contributed by atoms with Gasteiger partial charge >= 0.3 is 6.09 Å². The summed E-state index contributed by atoms with van der Waals surface area (Å²) in [5, 5.41) is 10.7. The summed E-state index contributed by atoms with van der Waals surface area (Å²) in [6, 6.07) is 8.28. The fraction of sp³-hybridized carbons (Fsp3) is 0.360. The molecule has 1 aliphatic heterocycles. The van der Waals surface area contributed by atoms with Crippen LogP contribution in [0.1, 0.15) is 46.6 Å². The number of nitrogens with zero attached hydrogens (tertiary/aromatic N) is 4. The number of carbonyl (C=O) groups excluding carboxylic acids is 1. The fourth-order valence-electron chi connectivity index (χ4n) is 5.00. The average Bonchev–Trinajstić information content (AvgIpc) is 2.83. The Labute approximate surface area is 201 Å². The summed E-state index contributed by atoms with van der Waals surface area (Å²) >= 11 is 6.76. The van der Waals surface area contributed by atoms with Gasteiger partial charge in [-0.1, -0.05) is 17.7 Å². The molecule has 0 bridgehead atoms. The number of carboxylic acid groups (broad SMARTS) is 1. The molecule has 9 heteroatoms. The lowest BCUT2D eigenvalue weighted by Crippen LogP contribution is -2.55. The molecule has 1 fully saturated rings. The molecule has 0 radical (unpaired) electrons.